The third-order valence-corrected chi connectivity index (χ3v) is 3.09. The molecule has 2 aromatic rings. The maximum atomic E-state index is 13.3. The fourth-order valence-electron chi connectivity index (χ4n) is 1.97. The van der Waals surface area contributed by atoms with Gasteiger partial charge in [0.25, 0.3) is 0 Å². The molecule has 0 unspecified atom stereocenters. The lowest BCUT2D eigenvalue weighted by molar-refractivity contribution is 0.112. The van der Waals surface area contributed by atoms with Crippen LogP contribution >= 0.6 is 0 Å². The number of hydrogen-bond acceptors (Lipinski definition) is 2. The first-order valence-electron chi connectivity index (χ1n) is 6.45. The highest BCUT2D eigenvalue weighted by molar-refractivity contribution is 5.85. The van der Waals surface area contributed by atoms with E-state index in [0.717, 1.165) is 31.2 Å². The summed E-state index contributed by atoms with van der Waals surface area (Å²) in [6, 6.07) is 4.78. The lowest BCUT2D eigenvalue weighted by Crippen LogP contribution is -1.98. The second-order valence-corrected chi connectivity index (χ2v) is 4.63. The number of aromatic nitrogens is 2. The van der Waals surface area contributed by atoms with Crippen LogP contribution in [0.15, 0.2) is 24.4 Å². The highest BCUT2D eigenvalue weighted by atomic mass is 19.1. The van der Waals surface area contributed by atoms with Crippen LogP contribution in [0.25, 0.3) is 11.3 Å². The highest BCUT2D eigenvalue weighted by Crippen LogP contribution is 2.23. The number of unbranched alkanes of at least 4 members (excludes halogenated alkanes) is 1. The first-order chi connectivity index (χ1) is 9.15. The van der Waals surface area contributed by atoms with Crippen LogP contribution < -0.4 is 0 Å². The van der Waals surface area contributed by atoms with Crippen LogP contribution in [0.3, 0.4) is 0 Å². The van der Waals surface area contributed by atoms with E-state index in [1.54, 1.807) is 29.9 Å². The fraction of sp³-hybridized carbons (Fsp3) is 0.333. The maximum Gasteiger partial charge on any atom is 0.153 e. The van der Waals surface area contributed by atoms with Crippen LogP contribution in [-0.2, 0) is 6.54 Å². The van der Waals surface area contributed by atoms with Crippen molar-refractivity contribution in [2.45, 2.75) is 33.2 Å². The molecule has 0 saturated heterocycles. The molecule has 100 valence electrons. The van der Waals surface area contributed by atoms with Gasteiger partial charge < -0.3 is 0 Å². The largest absolute Gasteiger partial charge is 0.298 e. The third kappa shape index (κ3) is 2.89. The van der Waals surface area contributed by atoms with E-state index in [2.05, 4.69) is 12.0 Å². The van der Waals surface area contributed by atoms with E-state index in [4.69, 9.17) is 0 Å². The Morgan fingerprint density at radius 3 is 2.84 bits per heavy atom. The van der Waals surface area contributed by atoms with Crippen molar-refractivity contribution in [3.05, 3.63) is 41.3 Å². The van der Waals surface area contributed by atoms with E-state index in [-0.39, 0.29) is 5.82 Å². The molecule has 1 heterocycles. The number of rotatable bonds is 5. The number of carbonyl (C=O) groups excluding carboxylic acids is 1. The molecule has 19 heavy (non-hydrogen) atoms. The SMILES string of the molecule is CCCCn1cc(C=O)c(-c2ccc(F)c(C)c2)n1. The van der Waals surface area contributed by atoms with Crippen LogP contribution in [0.5, 0.6) is 0 Å². The van der Waals surface area contributed by atoms with Gasteiger partial charge in [0.15, 0.2) is 6.29 Å². The summed E-state index contributed by atoms with van der Waals surface area (Å²) in [6.07, 6.45) is 4.63. The minimum Gasteiger partial charge on any atom is -0.298 e. The second kappa shape index (κ2) is 5.78. The van der Waals surface area contributed by atoms with Gasteiger partial charge >= 0.3 is 0 Å². The molecule has 1 aromatic carbocycles. The van der Waals surface area contributed by atoms with Gasteiger partial charge in [-0.2, -0.15) is 5.10 Å². The topological polar surface area (TPSA) is 34.9 Å². The summed E-state index contributed by atoms with van der Waals surface area (Å²) in [7, 11) is 0. The van der Waals surface area contributed by atoms with Crippen molar-refractivity contribution in [3.8, 4) is 11.3 Å². The standard InChI is InChI=1S/C15H17FN2O/c1-3-4-7-18-9-13(10-19)15(17-18)12-5-6-14(16)11(2)8-12/h5-6,8-10H,3-4,7H2,1-2H3. The second-order valence-electron chi connectivity index (χ2n) is 4.63. The van der Waals surface area contributed by atoms with Gasteiger partial charge in [0.2, 0.25) is 0 Å². The Bertz CT molecular complexity index is 590. The monoisotopic (exact) mass is 260 g/mol. The fourth-order valence-corrected chi connectivity index (χ4v) is 1.97. The Kier molecular flexibility index (Phi) is 4.10. The summed E-state index contributed by atoms with van der Waals surface area (Å²) in [4.78, 5) is 11.1. The van der Waals surface area contributed by atoms with E-state index in [1.165, 1.54) is 6.07 Å². The molecule has 0 aliphatic heterocycles. The van der Waals surface area contributed by atoms with Crippen molar-refractivity contribution in [1.82, 2.24) is 9.78 Å². The molecule has 3 nitrogen and oxygen atoms in total. The van der Waals surface area contributed by atoms with Crippen molar-refractivity contribution in [1.29, 1.82) is 0 Å². The van der Waals surface area contributed by atoms with Gasteiger partial charge in [-0.3, -0.25) is 9.48 Å². The number of aryl methyl sites for hydroxylation is 2. The van der Waals surface area contributed by atoms with Gasteiger partial charge in [-0.15, -0.1) is 0 Å². The average Bonchev–Trinajstić information content (AvgIpc) is 2.83. The number of aldehydes is 1. The smallest absolute Gasteiger partial charge is 0.153 e. The summed E-state index contributed by atoms with van der Waals surface area (Å²) in [5, 5.41) is 4.42. The number of nitrogens with zero attached hydrogens (tertiary/aromatic N) is 2. The zero-order valence-electron chi connectivity index (χ0n) is 11.2. The van der Waals surface area contributed by atoms with Crippen LogP contribution in [-0.4, -0.2) is 16.1 Å². The Labute approximate surface area is 112 Å². The van der Waals surface area contributed by atoms with Gasteiger partial charge in [-0.25, -0.2) is 4.39 Å². The van der Waals surface area contributed by atoms with Gasteiger partial charge in [0.05, 0.1) is 5.56 Å². The predicted molar refractivity (Wildman–Crippen MR) is 72.7 cm³/mol. The van der Waals surface area contributed by atoms with Crippen LogP contribution in [0.1, 0.15) is 35.7 Å². The third-order valence-electron chi connectivity index (χ3n) is 3.09. The van der Waals surface area contributed by atoms with Crippen molar-refractivity contribution in [2.24, 2.45) is 0 Å². The van der Waals surface area contributed by atoms with E-state index < -0.39 is 0 Å². The summed E-state index contributed by atoms with van der Waals surface area (Å²) >= 11 is 0. The van der Waals surface area contributed by atoms with Gasteiger partial charge in [0, 0.05) is 18.3 Å². The molecule has 2 rings (SSSR count). The zero-order chi connectivity index (χ0) is 13.8. The van der Waals surface area contributed by atoms with E-state index in [1.807, 2.05) is 0 Å². The Hall–Kier alpha value is -1.97. The van der Waals surface area contributed by atoms with Gasteiger partial charge in [-0.05, 0) is 37.1 Å². The molecule has 0 radical (unpaired) electrons. The number of benzene rings is 1. The number of halogens is 1. The van der Waals surface area contributed by atoms with Crippen molar-refractivity contribution in [2.75, 3.05) is 0 Å². The minimum absolute atomic E-state index is 0.248. The van der Waals surface area contributed by atoms with E-state index in [0.29, 0.717) is 16.8 Å². The molecule has 0 bridgehead atoms. The van der Waals surface area contributed by atoms with Gasteiger partial charge in [0.1, 0.15) is 11.5 Å². The molecule has 0 atom stereocenters. The summed E-state index contributed by atoms with van der Waals surface area (Å²) in [5.41, 5.74) is 2.49. The zero-order valence-corrected chi connectivity index (χ0v) is 11.2. The van der Waals surface area contributed by atoms with Crippen LogP contribution in [0, 0.1) is 12.7 Å². The summed E-state index contributed by atoms with van der Waals surface area (Å²) in [6.45, 7) is 4.60. The quantitative estimate of drug-likeness (QED) is 0.770. The molecule has 0 saturated carbocycles. The summed E-state index contributed by atoms with van der Waals surface area (Å²) < 4.78 is 15.1. The van der Waals surface area contributed by atoms with E-state index in [9.17, 15) is 9.18 Å². The highest BCUT2D eigenvalue weighted by Gasteiger charge is 2.11. The molecule has 0 amide bonds. The normalized spacial score (nSPS) is 10.7. The van der Waals surface area contributed by atoms with Crippen molar-refractivity contribution >= 4 is 6.29 Å². The molecular weight excluding hydrogens is 243 g/mol. The van der Waals surface area contributed by atoms with Crippen molar-refractivity contribution < 1.29 is 9.18 Å². The lowest BCUT2D eigenvalue weighted by atomic mass is 10.1. The number of carbonyl (C=O) groups is 1. The van der Waals surface area contributed by atoms with Crippen molar-refractivity contribution in [3.63, 3.8) is 0 Å². The molecule has 0 aliphatic rings. The number of hydrogen-bond donors (Lipinski definition) is 0. The molecule has 0 aliphatic carbocycles. The van der Waals surface area contributed by atoms with Crippen LogP contribution in [0.4, 0.5) is 4.39 Å². The van der Waals surface area contributed by atoms with Gasteiger partial charge in [-0.1, -0.05) is 13.3 Å². The first kappa shape index (κ1) is 13.5. The molecule has 1 aromatic heterocycles. The molecule has 0 N–H and O–H groups in total. The molecule has 0 spiro atoms. The minimum atomic E-state index is -0.248. The maximum absolute atomic E-state index is 13.3. The first-order valence-corrected chi connectivity index (χ1v) is 6.45. The van der Waals surface area contributed by atoms with E-state index >= 15 is 0 Å². The average molecular weight is 260 g/mol. The summed E-state index contributed by atoms with van der Waals surface area (Å²) in [5.74, 6) is -0.248. The van der Waals surface area contributed by atoms with Crippen LogP contribution in [0.2, 0.25) is 0 Å². The molecular formula is C15H17FN2O. The molecule has 4 heteroatoms. The molecule has 0 fully saturated rings. The predicted octanol–water partition coefficient (Wildman–Crippen LogP) is 3.61. The Balaban J connectivity index is 2.39. The Morgan fingerprint density at radius 2 is 2.21 bits per heavy atom. The Morgan fingerprint density at radius 1 is 1.42 bits per heavy atom. The lowest BCUT2D eigenvalue weighted by Gasteiger charge is -2.02.